The predicted molar refractivity (Wildman–Crippen MR) is 56.6 cm³/mol. The molecule has 0 saturated heterocycles. The van der Waals surface area contributed by atoms with Crippen molar-refractivity contribution in [1.29, 1.82) is 0 Å². The van der Waals surface area contributed by atoms with Crippen molar-refractivity contribution in [1.82, 2.24) is 10.2 Å². The van der Waals surface area contributed by atoms with Crippen molar-refractivity contribution in [3.8, 4) is 0 Å². The second-order valence-electron chi connectivity index (χ2n) is 2.46. The highest BCUT2D eigenvalue weighted by Gasteiger charge is 2.25. The van der Waals surface area contributed by atoms with E-state index in [0.29, 0.717) is 13.1 Å². The quantitative estimate of drug-likeness (QED) is 0.763. The van der Waals surface area contributed by atoms with Gasteiger partial charge in [-0.05, 0) is 13.8 Å². The number of rotatable bonds is 3. The number of urea groups is 1. The van der Waals surface area contributed by atoms with Gasteiger partial charge in [0.15, 0.2) is 0 Å². The first-order chi connectivity index (χ1) is 5.90. The molecule has 0 aromatic carbocycles. The monoisotopic (exact) mass is 246 g/mol. The van der Waals surface area contributed by atoms with Crippen LogP contribution in [0.25, 0.3) is 0 Å². The first-order valence-corrected chi connectivity index (χ1v) is 5.13. The zero-order valence-corrected chi connectivity index (χ0v) is 9.88. The fourth-order valence-corrected chi connectivity index (χ4v) is 1.24. The van der Waals surface area contributed by atoms with Crippen LogP contribution in [0.2, 0.25) is 0 Å². The second-order valence-corrected chi connectivity index (χ2v) is 4.98. The smallest absolute Gasteiger partial charge is 0.317 e. The minimum absolute atomic E-state index is 0.0972. The van der Waals surface area contributed by atoms with E-state index >= 15 is 0 Å². The van der Waals surface area contributed by atoms with Crippen LogP contribution in [-0.4, -0.2) is 34.4 Å². The normalized spacial score (nSPS) is 11.2. The Morgan fingerprint density at radius 3 is 2.23 bits per heavy atom. The minimum Gasteiger partial charge on any atom is -0.338 e. The van der Waals surface area contributed by atoms with Gasteiger partial charge in [0.2, 0.25) is 3.79 Å². The zero-order valence-electron chi connectivity index (χ0n) is 7.61. The summed E-state index contributed by atoms with van der Waals surface area (Å²) < 4.78 is -1.42. The number of hydrogen-bond acceptors (Lipinski definition) is 1. The number of nitrogens with zero attached hydrogens (tertiary/aromatic N) is 1. The van der Waals surface area contributed by atoms with Gasteiger partial charge in [-0.2, -0.15) is 0 Å². The van der Waals surface area contributed by atoms with Gasteiger partial charge in [0, 0.05) is 13.1 Å². The Bertz CT molecular complexity index is 170. The standard InChI is InChI=1S/C7H13Cl3N2O/c1-3-11-6(13)12(4-2)5-7(8,9)10/h3-5H2,1-2H3,(H,11,13). The van der Waals surface area contributed by atoms with Crippen molar-refractivity contribution in [2.75, 3.05) is 19.6 Å². The number of hydrogen-bond donors (Lipinski definition) is 1. The number of halogens is 3. The van der Waals surface area contributed by atoms with Gasteiger partial charge >= 0.3 is 6.03 Å². The third kappa shape index (κ3) is 6.24. The highest BCUT2D eigenvalue weighted by molar-refractivity contribution is 6.67. The Morgan fingerprint density at radius 2 is 1.92 bits per heavy atom. The molecule has 0 atom stereocenters. The molecule has 0 saturated carbocycles. The van der Waals surface area contributed by atoms with Gasteiger partial charge in [-0.15, -0.1) is 0 Å². The lowest BCUT2D eigenvalue weighted by Gasteiger charge is -2.24. The minimum atomic E-state index is -1.42. The van der Waals surface area contributed by atoms with Crippen LogP contribution in [0.5, 0.6) is 0 Å². The van der Waals surface area contributed by atoms with Crippen LogP contribution >= 0.6 is 34.8 Å². The molecule has 0 aliphatic heterocycles. The average Bonchev–Trinajstić information content (AvgIpc) is 1.99. The summed E-state index contributed by atoms with van der Waals surface area (Å²) in [7, 11) is 0. The summed E-state index contributed by atoms with van der Waals surface area (Å²) in [6.07, 6.45) is 0. The van der Waals surface area contributed by atoms with Crippen LogP contribution in [0.4, 0.5) is 4.79 Å². The van der Waals surface area contributed by atoms with Crippen molar-refractivity contribution in [2.45, 2.75) is 17.6 Å². The van der Waals surface area contributed by atoms with Gasteiger partial charge in [-0.1, -0.05) is 34.8 Å². The van der Waals surface area contributed by atoms with E-state index in [-0.39, 0.29) is 12.6 Å². The highest BCUT2D eigenvalue weighted by Crippen LogP contribution is 2.26. The van der Waals surface area contributed by atoms with Crippen LogP contribution in [0.15, 0.2) is 0 Å². The first kappa shape index (κ1) is 13.1. The summed E-state index contributed by atoms with van der Waals surface area (Å²) in [5.74, 6) is 0. The molecule has 0 spiro atoms. The first-order valence-electron chi connectivity index (χ1n) is 4.00. The zero-order chi connectivity index (χ0) is 10.5. The largest absolute Gasteiger partial charge is 0.338 e. The molecule has 1 N–H and O–H groups in total. The average molecular weight is 248 g/mol. The summed E-state index contributed by atoms with van der Waals surface area (Å²) in [6, 6.07) is -0.212. The maximum absolute atomic E-state index is 11.3. The van der Waals surface area contributed by atoms with Gasteiger partial charge in [-0.25, -0.2) is 4.79 Å². The lowest BCUT2D eigenvalue weighted by molar-refractivity contribution is 0.202. The van der Waals surface area contributed by atoms with Crippen LogP contribution in [0, 0.1) is 0 Å². The van der Waals surface area contributed by atoms with Gasteiger partial charge in [0.1, 0.15) is 0 Å². The van der Waals surface area contributed by atoms with Gasteiger partial charge in [-0.3, -0.25) is 0 Å². The summed E-state index contributed by atoms with van der Waals surface area (Å²) in [5.41, 5.74) is 0. The van der Waals surface area contributed by atoms with E-state index in [1.54, 1.807) is 0 Å². The molecule has 0 aromatic rings. The number of carbonyl (C=O) groups is 1. The molecular weight excluding hydrogens is 234 g/mol. The maximum Gasteiger partial charge on any atom is 0.317 e. The van der Waals surface area contributed by atoms with Gasteiger partial charge in [0.05, 0.1) is 6.54 Å². The molecule has 3 nitrogen and oxygen atoms in total. The van der Waals surface area contributed by atoms with Crippen LogP contribution in [-0.2, 0) is 0 Å². The second kappa shape index (κ2) is 5.78. The summed E-state index contributed by atoms with van der Waals surface area (Å²) >= 11 is 16.7. The van der Waals surface area contributed by atoms with E-state index in [4.69, 9.17) is 34.8 Å². The third-order valence-corrected chi connectivity index (χ3v) is 1.73. The topological polar surface area (TPSA) is 32.3 Å². The lowest BCUT2D eigenvalue weighted by atomic mass is 10.5. The molecule has 6 heteroatoms. The van der Waals surface area contributed by atoms with E-state index in [0.717, 1.165) is 0 Å². The summed E-state index contributed by atoms with van der Waals surface area (Å²) in [6.45, 7) is 4.83. The molecule has 0 aromatic heterocycles. The maximum atomic E-state index is 11.3. The molecular formula is C7H13Cl3N2O. The van der Waals surface area contributed by atoms with Crippen LogP contribution in [0.1, 0.15) is 13.8 Å². The molecule has 0 aliphatic carbocycles. The molecule has 13 heavy (non-hydrogen) atoms. The van der Waals surface area contributed by atoms with Crippen LogP contribution < -0.4 is 5.32 Å². The van der Waals surface area contributed by atoms with E-state index in [9.17, 15) is 4.79 Å². The molecule has 78 valence electrons. The molecule has 0 unspecified atom stereocenters. The van der Waals surface area contributed by atoms with E-state index in [1.807, 2.05) is 13.8 Å². The molecule has 0 heterocycles. The van der Waals surface area contributed by atoms with Crippen molar-refractivity contribution in [3.05, 3.63) is 0 Å². The SMILES string of the molecule is CCNC(=O)N(CC)CC(Cl)(Cl)Cl. The van der Waals surface area contributed by atoms with E-state index in [2.05, 4.69) is 5.32 Å². The Morgan fingerprint density at radius 1 is 1.38 bits per heavy atom. The Labute approximate surface area is 93.3 Å². The van der Waals surface area contributed by atoms with Crippen molar-refractivity contribution < 1.29 is 4.79 Å². The number of alkyl halides is 3. The predicted octanol–water partition coefficient (Wildman–Crippen LogP) is 2.41. The Hall–Kier alpha value is 0.140. The lowest BCUT2D eigenvalue weighted by Crippen LogP contribution is -2.43. The van der Waals surface area contributed by atoms with Crippen LogP contribution in [0.3, 0.4) is 0 Å². The number of nitrogens with one attached hydrogen (secondary N) is 1. The molecule has 0 rings (SSSR count). The fraction of sp³-hybridized carbons (Fsp3) is 0.857. The van der Waals surface area contributed by atoms with Gasteiger partial charge < -0.3 is 10.2 Å². The number of carbonyl (C=O) groups excluding carboxylic acids is 1. The summed E-state index contributed by atoms with van der Waals surface area (Å²) in [4.78, 5) is 12.7. The van der Waals surface area contributed by atoms with Crippen molar-refractivity contribution >= 4 is 40.8 Å². The molecule has 2 amide bonds. The molecule has 0 aliphatic rings. The molecule has 0 fully saturated rings. The Balaban J connectivity index is 4.10. The van der Waals surface area contributed by atoms with Crippen molar-refractivity contribution in [2.24, 2.45) is 0 Å². The summed E-state index contributed by atoms with van der Waals surface area (Å²) in [5, 5.41) is 2.63. The van der Waals surface area contributed by atoms with Gasteiger partial charge in [0.25, 0.3) is 0 Å². The highest BCUT2D eigenvalue weighted by atomic mass is 35.6. The number of amides is 2. The molecule has 0 bridgehead atoms. The third-order valence-electron chi connectivity index (χ3n) is 1.37. The Kier molecular flexibility index (Phi) is 5.85. The fourth-order valence-electron chi connectivity index (χ4n) is 0.807. The molecule has 0 radical (unpaired) electrons. The van der Waals surface area contributed by atoms with E-state index in [1.165, 1.54) is 4.90 Å². The van der Waals surface area contributed by atoms with E-state index < -0.39 is 3.79 Å². The van der Waals surface area contributed by atoms with Crippen molar-refractivity contribution in [3.63, 3.8) is 0 Å².